The molecule has 2 aromatic rings. The Morgan fingerprint density at radius 1 is 1.24 bits per heavy atom. The first-order valence-electron chi connectivity index (χ1n) is 5.75. The Morgan fingerprint density at radius 3 is 2.62 bits per heavy atom. The van der Waals surface area contributed by atoms with Crippen molar-refractivity contribution in [3.63, 3.8) is 0 Å². The van der Waals surface area contributed by atoms with Crippen LogP contribution >= 0.6 is 27.5 Å². The van der Waals surface area contributed by atoms with E-state index in [0.29, 0.717) is 26.6 Å². The number of ether oxygens (including phenoxy) is 1. The average Bonchev–Trinajstić information content (AvgIpc) is 2.43. The van der Waals surface area contributed by atoms with Crippen LogP contribution in [-0.4, -0.2) is 15.5 Å². The summed E-state index contributed by atoms with van der Waals surface area (Å²) in [7, 11) is -2.33. The minimum absolute atomic E-state index is 0.0522. The standard InChI is InChI=1S/C13H12BrClN2O3S/c1-20-12-7-9(3-5-11(12)15)17-21(18,19)13-6-8(16)2-4-10(13)14/h2-7,17H,16H2,1H3. The van der Waals surface area contributed by atoms with Gasteiger partial charge in [0.2, 0.25) is 0 Å². The van der Waals surface area contributed by atoms with E-state index in [1.807, 2.05) is 0 Å². The van der Waals surface area contributed by atoms with Crippen molar-refractivity contribution in [2.24, 2.45) is 0 Å². The summed E-state index contributed by atoms with van der Waals surface area (Å²) in [5.41, 5.74) is 6.33. The lowest BCUT2D eigenvalue weighted by atomic mass is 10.3. The molecule has 0 saturated carbocycles. The van der Waals surface area contributed by atoms with Crippen molar-refractivity contribution in [3.8, 4) is 5.75 Å². The van der Waals surface area contributed by atoms with Gasteiger partial charge in [-0.05, 0) is 46.3 Å². The third kappa shape index (κ3) is 3.61. The number of rotatable bonds is 4. The maximum atomic E-state index is 12.4. The summed E-state index contributed by atoms with van der Waals surface area (Å²) in [5.74, 6) is 0.378. The van der Waals surface area contributed by atoms with Gasteiger partial charge in [0, 0.05) is 16.2 Å². The number of nitrogen functional groups attached to an aromatic ring is 1. The quantitative estimate of drug-likeness (QED) is 0.782. The minimum Gasteiger partial charge on any atom is -0.495 e. The summed E-state index contributed by atoms with van der Waals surface area (Å²) in [4.78, 5) is 0.0522. The normalized spacial score (nSPS) is 11.2. The molecule has 0 saturated heterocycles. The van der Waals surface area contributed by atoms with Crippen LogP contribution in [0.5, 0.6) is 5.75 Å². The molecule has 0 fully saturated rings. The summed E-state index contributed by atoms with van der Waals surface area (Å²) in [5, 5.41) is 0.394. The largest absolute Gasteiger partial charge is 0.495 e. The Balaban J connectivity index is 2.40. The number of nitrogens with two attached hydrogens (primary N) is 1. The molecule has 2 rings (SSSR count). The Labute approximate surface area is 136 Å². The molecular weight excluding hydrogens is 380 g/mol. The van der Waals surface area contributed by atoms with E-state index < -0.39 is 10.0 Å². The number of hydrogen-bond acceptors (Lipinski definition) is 4. The fraction of sp³-hybridized carbons (Fsp3) is 0.0769. The molecule has 8 heteroatoms. The van der Waals surface area contributed by atoms with Crippen molar-refractivity contribution >= 4 is 48.9 Å². The molecule has 112 valence electrons. The van der Waals surface area contributed by atoms with Crippen LogP contribution in [0.1, 0.15) is 0 Å². The fourth-order valence-corrected chi connectivity index (χ4v) is 3.90. The second kappa shape index (κ2) is 6.13. The van der Waals surface area contributed by atoms with Crippen LogP contribution in [0.15, 0.2) is 45.8 Å². The highest BCUT2D eigenvalue weighted by Gasteiger charge is 2.18. The van der Waals surface area contributed by atoms with Gasteiger partial charge < -0.3 is 10.5 Å². The van der Waals surface area contributed by atoms with Crippen LogP contribution in [0.4, 0.5) is 11.4 Å². The Kier molecular flexibility index (Phi) is 4.65. The molecule has 0 aliphatic heterocycles. The maximum Gasteiger partial charge on any atom is 0.263 e. The summed E-state index contributed by atoms with van der Waals surface area (Å²) in [6.45, 7) is 0. The van der Waals surface area contributed by atoms with Crippen molar-refractivity contribution < 1.29 is 13.2 Å². The predicted octanol–water partition coefficient (Wildman–Crippen LogP) is 3.49. The number of anilines is 2. The number of benzene rings is 2. The van der Waals surface area contributed by atoms with E-state index in [1.54, 1.807) is 24.3 Å². The molecule has 0 bridgehead atoms. The third-order valence-corrected chi connectivity index (χ3v) is 5.34. The highest BCUT2D eigenvalue weighted by atomic mass is 79.9. The lowest BCUT2D eigenvalue weighted by Gasteiger charge is -2.11. The van der Waals surface area contributed by atoms with Gasteiger partial charge in [-0.1, -0.05) is 11.6 Å². The molecule has 5 nitrogen and oxygen atoms in total. The molecular formula is C13H12BrClN2O3S. The third-order valence-electron chi connectivity index (χ3n) is 2.65. The molecule has 21 heavy (non-hydrogen) atoms. The van der Waals surface area contributed by atoms with Crippen LogP contribution < -0.4 is 15.2 Å². The van der Waals surface area contributed by atoms with Crippen LogP contribution in [-0.2, 0) is 10.0 Å². The van der Waals surface area contributed by atoms with Gasteiger partial charge in [-0.15, -0.1) is 0 Å². The molecule has 0 aliphatic carbocycles. The number of hydrogen-bond donors (Lipinski definition) is 2. The summed E-state index contributed by atoms with van der Waals surface area (Å²) >= 11 is 9.10. The number of methoxy groups -OCH3 is 1. The van der Waals surface area contributed by atoms with E-state index in [0.717, 1.165) is 0 Å². The summed E-state index contributed by atoms with van der Waals surface area (Å²) in [6.07, 6.45) is 0. The lowest BCUT2D eigenvalue weighted by molar-refractivity contribution is 0.415. The van der Waals surface area contributed by atoms with Gasteiger partial charge in [0.15, 0.2) is 0 Å². The average molecular weight is 392 g/mol. The zero-order chi connectivity index (χ0) is 15.6. The molecule has 0 atom stereocenters. The van der Waals surface area contributed by atoms with Crippen molar-refractivity contribution in [3.05, 3.63) is 45.9 Å². The highest BCUT2D eigenvalue weighted by molar-refractivity contribution is 9.10. The fourth-order valence-electron chi connectivity index (χ4n) is 1.66. The van der Waals surface area contributed by atoms with Crippen molar-refractivity contribution in [1.82, 2.24) is 0 Å². The minimum atomic E-state index is -3.78. The van der Waals surface area contributed by atoms with E-state index in [1.165, 1.54) is 19.2 Å². The van der Waals surface area contributed by atoms with Crippen molar-refractivity contribution in [2.75, 3.05) is 17.6 Å². The highest BCUT2D eigenvalue weighted by Crippen LogP contribution is 2.30. The molecule has 0 spiro atoms. The van der Waals surface area contributed by atoms with Gasteiger partial charge in [-0.25, -0.2) is 8.42 Å². The first kappa shape index (κ1) is 15.9. The van der Waals surface area contributed by atoms with Gasteiger partial charge in [0.1, 0.15) is 10.6 Å². The zero-order valence-electron chi connectivity index (χ0n) is 10.9. The Morgan fingerprint density at radius 2 is 1.95 bits per heavy atom. The van der Waals surface area contributed by atoms with E-state index >= 15 is 0 Å². The maximum absolute atomic E-state index is 12.4. The van der Waals surface area contributed by atoms with E-state index in [-0.39, 0.29) is 4.90 Å². The lowest BCUT2D eigenvalue weighted by Crippen LogP contribution is -2.14. The van der Waals surface area contributed by atoms with Crippen LogP contribution in [0.2, 0.25) is 5.02 Å². The summed E-state index contributed by atoms with van der Waals surface area (Å²) in [6, 6.07) is 9.15. The predicted molar refractivity (Wildman–Crippen MR) is 87.4 cm³/mol. The van der Waals surface area contributed by atoms with Gasteiger partial charge in [0.05, 0.1) is 17.8 Å². The second-order valence-electron chi connectivity index (χ2n) is 4.14. The number of nitrogens with one attached hydrogen (secondary N) is 1. The molecule has 0 aromatic heterocycles. The molecule has 0 heterocycles. The number of halogens is 2. The van der Waals surface area contributed by atoms with Crippen molar-refractivity contribution in [2.45, 2.75) is 4.90 Å². The second-order valence-corrected chi connectivity index (χ2v) is 7.06. The van der Waals surface area contributed by atoms with Gasteiger partial charge >= 0.3 is 0 Å². The molecule has 0 unspecified atom stereocenters. The van der Waals surface area contributed by atoms with Gasteiger partial charge in [0.25, 0.3) is 10.0 Å². The zero-order valence-corrected chi connectivity index (χ0v) is 14.1. The molecule has 0 radical (unpaired) electrons. The Bertz CT molecular complexity index is 781. The van der Waals surface area contributed by atoms with Crippen LogP contribution in [0.3, 0.4) is 0 Å². The van der Waals surface area contributed by atoms with Crippen molar-refractivity contribution in [1.29, 1.82) is 0 Å². The number of sulfonamides is 1. The monoisotopic (exact) mass is 390 g/mol. The van der Waals surface area contributed by atoms with Gasteiger partial charge in [-0.3, -0.25) is 4.72 Å². The van der Waals surface area contributed by atoms with Gasteiger partial charge in [-0.2, -0.15) is 0 Å². The van der Waals surface area contributed by atoms with Crippen LogP contribution in [0.25, 0.3) is 0 Å². The molecule has 3 N–H and O–H groups in total. The van der Waals surface area contributed by atoms with E-state index in [4.69, 9.17) is 22.1 Å². The topological polar surface area (TPSA) is 81.4 Å². The van der Waals surface area contributed by atoms with E-state index in [2.05, 4.69) is 20.7 Å². The molecule has 0 aliphatic rings. The first-order chi connectivity index (χ1) is 9.83. The first-order valence-corrected chi connectivity index (χ1v) is 8.40. The SMILES string of the molecule is COc1cc(NS(=O)(=O)c2cc(N)ccc2Br)ccc1Cl. The summed E-state index contributed by atoms with van der Waals surface area (Å²) < 4.78 is 32.7. The van der Waals surface area contributed by atoms with Crippen LogP contribution in [0, 0.1) is 0 Å². The smallest absolute Gasteiger partial charge is 0.263 e. The van der Waals surface area contributed by atoms with E-state index in [9.17, 15) is 8.42 Å². The molecule has 2 aromatic carbocycles. The molecule has 0 amide bonds. The Hall–Kier alpha value is -1.44.